The lowest BCUT2D eigenvalue weighted by molar-refractivity contribution is -0.671. The van der Waals surface area contributed by atoms with Crippen LogP contribution in [0.4, 0.5) is 0 Å². The second-order valence-electron chi connectivity index (χ2n) is 4.27. The maximum atomic E-state index is 11.6. The molecule has 0 saturated heterocycles. The smallest absolute Gasteiger partial charge is 0.338 e. The second-order valence-corrected chi connectivity index (χ2v) is 4.27. The highest BCUT2D eigenvalue weighted by Crippen LogP contribution is 2.00. The van der Waals surface area contributed by atoms with Crippen LogP contribution in [-0.4, -0.2) is 19.1 Å². The van der Waals surface area contributed by atoms with Crippen LogP contribution in [0.15, 0.2) is 60.7 Å². The van der Waals surface area contributed by atoms with E-state index in [-0.39, 0.29) is 18.4 Å². The summed E-state index contributed by atoms with van der Waals surface area (Å²) in [5.74, 6) is -0.256. The summed E-state index contributed by atoms with van der Waals surface area (Å²) in [6.07, 6.45) is 0. The van der Waals surface area contributed by atoms with Crippen molar-refractivity contribution in [2.75, 3.05) is 13.2 Å². The minimum Gasteiger partial charge on any atom is -1.00 e. The van der Waals surface area contributed by atoms with E-state index in [1.54, 1.807) is 12.1 Å². The van der Waals surface area contributed by atoms with Crippen LogP contribution in [0.25, 0.3) is 0 Å². The van der Waals surface area contributed by atoms with Crippen LogP contribution in [0, 0.1) is 0 Å². The Morgan fingerprint density at radius 3 is 2.20 bits per heavy atom. The van der Waals surface area contributed by atoms with Gasteiger partial charge >= 0.3 is 5.97 Å². The van der Waals surface area contributed by atoms with Crippen molar-refractivity contribution in [2.24, 2.45) is 0 Å². The first kappa shape index (κ1) is 16.2. The average molecular weight is 292 g/mol. The zero-order chi connectivity index (χ0) is 13.3. The van der Waals surface area contributed by atoms with E-state index in [1.807, 2.05) is 36.4 Å². The first-order valence-corrected chi connectivity index (χ1v) is 6.44. The van der Waals surface area contributed by atoms with E-state index in [4.69, 9.17) is 4.74 Å². The van der Waals surface area contributed by atoms with Crippen molar-refractivity contribution in [1.82, 2.24) is 0 Å². The molecular formula is C16H18ClNO2. The van der Waals surface area contributed by atoms with Crippen molar-refractivity contribution in [3.05, 3.63) is 71.8 Å². The first-order valence-electron chi connectivity index (χ1n) is 6.44. The van der Waals surface area contributed by atoms with Gasteiger partial charge in [-0.2, -0.15) is 0 Å². The topological polar surface area (TPSA) is 42.9 Å². The van der Waals surface area contributed by atoms with E-state index in [1.165, 1.54) is 5.56 Å². The summed E-state index contributed by atoms with van der Waals surface area (Å²) in [6, 6.07) is 19.3. The summed E-state index contributed by atoms with van der Waals surface area (Å²) in [6.45, 7) is 2.11. The summed E-state index contributed by atoms with van der Waals surface area (Å²) in [7, 11) is 0. The maximum Gasteiger partial charge on any atom is 0.338 e. The molecule has 2 N–H and O–H groups in total. The number of ether oxygens (including phenoxy) is 1. The van der Waals surface area contributed by atoms with Crippen LogP contribution in [-0.2, 0) is 11.3 Å². The monoisotopic (exact) mass is 291 g/mol. The fourth-order valence-corrected chi connectivity index (χ4v) is 1.78. The molecule has 0 aliphatic heterocycles. The predicted octanol–water partition coefficient (Wildman–Crippen LogP) is -1.39. The maximum absolute atomic E-state index is 11.6. The molecule has 0 amide bonds. The largest absolute Gasteiger partial charge is 1.00 e. The lowest BCUT2D eigenvalue weighted by atomic mass is 10.2. The fourth-order valence-electron chi connectivity index (χ4n) is 1.78. The zero-order valence-corrected chi connectivity index (χ0v) is 11.9. The number of rotatable bonds is 6. The van der Waals surface area contributed by atoms with Crippen molar-refractivity contribution in [1.29, 1.82) is 0 Å². The Bertz CT molecular complexity index is 502. The molecule has 2 rings (SSSR count). The Balaban J connectivity index is 0.00000200. The van der Waals surface area contributed by atoms with Crippen LogP contribution in [0.5, 0.6) is 0 Å². The van der Waals surface area contributed by atoms with Gasteiger partial charge in [-0.3, -0.25) is 0 Å². The van der Waals surface area contributed by atoms with Gasteiger partial charge in [0.05, 0.1) is 5.56 Å². The van der Waals surface area contributed by atoms with E-state index in [0.29, 0.717) is 12.2 Å². The Morgan fingerprint density at radius 1 is 0.950 bits per heavy atom. The number of hydrogen-bond donors (Lipinski definition) is 1. The number of nitrogens with two attached hydrogens (primary N) is 1. The third kappa shape index (κ3) is 5.43. The Kier molecular flexibility index (Phi) is 7.40. The molecule has 0 aliphatic rings. The minimum atomic E-state index is -0.256. The fraction of sp³-hybridized carbons (Fsp3) is 0.188. The highest BCUT2D eigenvalue weighted by atomic mass is 35.5. The summed E-state index contributed by atoms with van der Waals surface area (Å²) in [5.41, 5.74) is 1.88. The third-order valence-corrected chi connectivity index (χ3v) is 2.79. The molecule has 20 heavy (non-hydrogen) atoms. The quantitative estimate of drug-likeness (QED) is 0.526. The highest BCUT2D eigenvalue weighted by Gasteiger charge is 2.05. The zero-order valence-electron chi connectivity index (χ0n) is 11.2. The summed E-state index contributed by atoms with van der Waals surface area (Å²) in [4.78, 5) is 11.6. The number of benzene rings is 2. The van der Waals surface area contributed by atoms with Crippen LogP contribution in [0.1, 0.15) is 15.9 Å². The molecule has 0 saturated carbocycles. The number of hydrogen-bond acceptors (Lipinski definition) is 2. The molecule has 2 aromatic carbocycles. The van der Waals surface area contributed by atoms with Crippen molar-refractivity contribution in [3.63, 3.8) is 0 Å². The molecule has 0 aliphatic carbocycles. The Hall–Kier alpha value is -1.84. The average Bonchev–Trinajstić information content (AvgIpc) is 2.49. The van der Waals surface area contributed by atoms with Gasteiger partial charge in [-0.1, -0.05) is 48.5 Å². The molecule has 0 spiro atoms. The van der Waals surface area contributed by atoms with Crippen molar-refractivity contribution >= 4 is 5.97 Å². The number of carbonyl (C=O) groups excluding carboxylic acids is 1. The van der Waals surface area contributed by atoms with Gasteiger partial charge in [-0.15, -0.1) is 0 Å². The molecule has 0 heterocycles. The number of halogens is 1. The normalized spacial score (nSPS) is 9.60. The van der Waals surface area contributed by atoms with Gasteiger partial charge < -0.3 is 22.5 Å². The first-order chi connectivity index (χ1) is 9.36. The molecule has 0 atom stereocenters. The molecule has 0 bridgehead atoms. The van der Waals surface area contributed by atoms with Gasteiger partial charge in [-0.05, 0) is 12.1 Å². The predicted molar refractivity (Wildman–Crippen MR) is 73.7 cm³/mol. The van der Waals surface area contributed by atoms with E-state index in [0.717, 1.165) is 13.1 Å². The highest BCUT2D eigenvalue weighted by molar-refractivity contribution is 5.89. The van der Waals surface area contributed by atoms with Gasteiger partial charge in [0.2, 0.25) is 0 Å². The lowest BCUT2D eigenvalue weighted by Gasteiger charge is -2.04. The number of esters is 1. The molecule has 0 radical (unpaired) electrons. The van der Waals surface area contributed by atoms with Crippen LogP contribution >= 0.6 is 0 Å². The van der Waals surface area contributed by atoms with Crippen molar-refractivity contribution in [3.8, 4) is 0 Å². The Labute approximate surface area is 125 Å². The molecule has 4 heteroatoms. The Morgan fingerprint density at radius 2 is 1.55 bits per heavy atom. The summed E-state index contributed by atoms with van der Waals surface area (Å²) >= 11 is 0. The third-order valence-electron chi connectivity index (χ3n) is 2.79. The van der Waals surface area contributed by atoms with Crippen LogP contribution < -0.4 is 17.7 Å². The molecule has 106 valence electrons. The van der Waals surface area contributed by atoms with E-state index >= 15 is 0 Å². The SMILES string of the molecule is O=C(OCC[NH2+]Cc1ccccc1)c1ccccc1.[Cl-]. The molecular weight excluding hydrogens is 274 g/mol. The van der Waals surface area contributed by atoms with Crippen molar-refractivity contribution in [2.45, 2.75) is 6.54 Å². The summed E-state index contributed by atoms with van der Waals surface area (Å²) in [5, 5.41) is 2.13. The van der Waals surface area contributed by atoms with Crippen LogP contribution in [0.2, 0.25) is 0 Å². The van der Waals surface area contributed by atoms with E-state index in [2.05, 4.69) is 17.4 Å². The minimum absolute atomic E-state index is 0. The van der Waals surface area contributed by atoms with Gasteiger partial charge in [0.15, 0.2) is 0 Å². The van der Waals surface area contributed by atoms with Crippen LogP contribution in [0.3, 0.4) is 0 Å². The second kappa shape index (κ2) is 9.13. The molecule has 3 nitrogen and oxygen atoms in total. The molecule has 2 aromatic rings. The van der Waals surface area contributed by atoms with Gasteiger partial charge in [0.25, 0.3) is 0 Å². The number of carbonyl (C=O) groups is 1. The standard InChI is InChI=1S/C16H17NO2.ClH/c18-16(15-9-5-2-6-10-15)19-12-11-17-13-14-7-3-1-4-8-14;/h1-10,17H,11-13H2;1H. The number of quaternary nitrogens is 1. The summed E-state index contributed by atoms with van der Waals surface area (Å²) < 4.78 is 5.20. The molecule has 0 fully saturated rings. The molecule has 0 aromatic heterocycles. The van der Waals surface area contributed by atoms with Gasteiger partial charge in [0, 0.05) is 5.56 Å². The van der Waals surface area contributed by atoms with Crippen molar-refractivity contribution < 1.29 is 27.3 Å². The van der Waals surface area contributed by atoms with Gasteiger partial charge in [0.1, 0.15) is 19.7 Å². The molecule has 0 unspecified atom stereocenters. The van der Waals surface area contributed by atoms with E-state index in [9.17, 15) is 4.79 Å². The lowest BCUT2D eigenvalue weighted by Crippen LogP contribution is -3.00. The van der Waals surface area contributed by atoms with Gasteiger partial charge in [-0.25, -0.2) is 4.79 Å². The van der Waals surface area contributed by atoms with E-state index < -0.39 is 0 Å².